The summed E-state index contributed by atoms with van der Waals surface area (Å²) in [6, 6.07) is 6.74. The van der Waals surface area contributed by atoms with Crippen molar-refractivity contribution >= 4 is 44.7 Å². The summed E-state index contributed by atoms with van der Waals surface area (Å²) in [6.45, 7) is 3.36. The van der Waals surface area contributed by atoms with Crippen LogP contribution in [0.15, 0.2) is 24.3 Å². The molecule has 3 aromatic rings. The van der Waals surface area contributed by atoms with Gasteiger partial charge < -0.3 is 10.2 Å². The zero-order chi connectivity index (χ0) is 18.4. The minimum atomic E-state index is -0.425. The molecule has 4 rings (SSSR count). The molecule has 3 heterocycles. The fourth-order valence-corrected chi connectivity index (χ4v) is 4.51. The highest BCUT2D eigenvalue weighted by molar-refractivity contribution is 7.20. The molecule has 1 saturated heterocycles. The van der Waals surface area contributed by atoms with Crippen molar-refractivity contribution in [1.29, 1.82) is 0 Å². The van der Waals surface area contributed by atoms with Crippen molar-refractivity contribution in [3.8, 4) is 0 Å². The normalized spacial score (nSPS) is 17.2. The number of anilines is 1. The molecule has 0 saturated carbocycles. The Morgan fingerprint density at radius 1 is 1.42 bits per heavy atom. The molecule has 1 N–H and O–H groups in total. The zero-order valence-electron chi connectivity index (χ0n) is 14.4. The Morgan fingerprint density at radius 2 is 2.23 bits per heavy atom. The van der Waals surface area contributed by atoms with Crippen molar-refractivity contribution in [3.05, 3.63) is 45.7 Å². The third kappa shape index (κ3) is 3.05. The van der Waals surface area contributed by atoms with Crippen LogP contribution in [0.25, 0.3) is 10.2 Å². The van der Waals surface area contributed by atoms with Gasteiger partial charge in [0.25, 0.3) is 5.91 Å². The van der Waals surface area contributed by atoms with Crippen molar-refractivity contribution in [3.63, 3.8) is 0 Å². The molecule has 2 aromatic heterocycles. The lowest BCUT2D eigenvalue weighted by Gasteiger charge is -2.19. The monoisotopic (exact) mass is 392 g/mol. The lowest BCUT2D eigenvalue weighted by Crippen LogP contribution is -2.36. The third-order valence-corrected chi connectivity index (χ3v) is 6.22. The molecule has 1 unspecified atom stereocenters. The number of hydrogen-bond donors (Lipinski definition) is 1. The maximum Gasteiger partial charge on any atom is 0.261 e. The Bertz CT molecular complexity index is 964. The number of nitrogens with one attached hydrogen (secondary N) is 1. The van der Waals surface area contributed by atoms with Crippen LogP contribution in [0, 0.1) is 12.7 Å². The number of amides is 1. The molecule has 0 spiro atoms. The highest BCUT2D eigenvalue weighted by atomic mass is 35.5. The summed E-state index contributed by atoms with van der Waals surface area (Å²) < 4.78 is 15.5. The number of thiophene rings is 1. The molecule has 0 aliphatic carbocycles. The van der Waals surface area contributed by atoms with E-state index < -0.39 is 5.82 Å². The van der Waals surface area contributed by atoms with Gasteiger partial charge in [0.15, 0.2) is 0 Å². The van der Waals surface area contributed by atoms with E-state index in [9.17, 15) is 9.18 Å². The Kier molecular flexibility index (Phi) is 4.36. The second kappa shape index (κ2) is 6.55. The lowest BCUT2D eigenvalue weighted by molar-refractivity contribution is 0.0944. The van der Waals surface area contributed by atoms with E-state index in [1.165, 1.54) is 17.4 Å². The molecule has 5 nitrogen and oxygen atoms in total. The average Bonchev–Trinajstić information content (AvgIpc) is 3.29. The Labute approximate surface area is 159 Å². The number of carbonyl (C=O) groups excluding carboxylic acids is 1. The first-order chi connectivity index (χ1) is 12.4. The van der Waals surface area contributed by atoms with E-state index in [2.05, 4.69) is 15.3 Å². The summed E-state index contributed by atoms with van der Waals surface area (Å²) >= 11 is 7.19. The SMILES string of the molecule is Cc1nn(C)c2sc(C(=O)NC3CCN(c4ccc(Cl)c(F)c4)C3)cc12. The van der Waals surface area contributed by atoms with Gasteiger partial charge in [-0.1, -0.05) is 11.6 Å². The molecule has 0 bridgehead atoms. The number of nitrogens with zero attached hydrogens (tertiary/aromatic N) is 3. The van der Waals surface area contributed by atoms with Crippen molar-refractivity contribution < 1.29 is 9.18 Å². The molecular formula is C18H18ClFN4OS. The van der Waals surface area contributed by atoms with Crippen LogP contribution in [-0.4, -0.2) is 34.8 Å². The van der Waals surface area contributed by atoms with E-state index >= 15 is 0 Å². The molecule has 1 aromatic carbocycles. The van der Waals surface area contributed by atoms with Gasteiger partial charge in [-0.3, -0.25) is 9.48 Å². The highest BCUT2D eigenvalue weighted by Gasteiger charge is 2.26. The predicted molar refractivity (Wildman–Crippen MR) is 103 cm³/mol. The Hall–Kier alpha value is -2.12. The summed E-state index contributed by atoms with van der Waals surface area (Å²) in [5.41, 5.74) is 1.71. The summed E-state index contributed by atoms with van der Waals surface area (Å²) in [4.78, 5) is 16.3. The summed E-state index contributed by atoms with van der Waals surface area (Å²) in [7, 11) is 1.88. The molecule has 1 amide bonds. The van der Waals surface area contributed by atoms with Gasteiger partial charge in [0.05, 0.1) is 15.6 Å². The van der Waals surface area contributed by atoms with E-state index in [0.717, 1.165) is 34.6 Å². The number of hydrogen-bond acceptors (Lipinski definition) is 4. The number of benzene rings is 1. The molecule has 8 heteroatoms. The number of carbonyl (C=O) groups is 1. The molecule has 1 aliphatic heterocycles. The first-order valence-corrected chi connectivity index (χ1v) is 9.56. The third-order valence-electron chi connectivity index (χ3n) is 4.71. The van der Waals surface area contributed by atoms with E-state index in [1.807, 2.05) is 20.0 Å². The van der Waals surface area contributed by atoms with Crippen LogP contribution >= 0.6 is 22.9 Å². The topological polar surface area (TPSA) is 50.2 Å². The second-order valence-electron chi connectivity index (χ2n) is 6.54. The number of aromatic nitrogens is 2. The van der Waals surface area contributed by atoms with E-state index in [-0.39, 0.29) is 17.0 Å². The van der Waals surface area contributed by atoms with Crippen molar-refractivity contribution in [1.82, 2.24) is 15.1 Å². The van der Waals surface area contributed by atoms with Crippen molar-refractivity contribution in [2.45, 2.75) is 19.4 Å². The Morgan fingerprint density at radius 3 is 2.96 bits per heavy atom. The minimum absolute atomic E-state index is 0.0330. The van der Waals surface area contributed by atoms with Crippen molar-refractivity contribution in [2.24, 2.45) is 7.05 Å². The first-order valence-electron chi connectivity index (χ1n) is 8.36. The summed E-state index contributed by atoms with van der Waals surface area (Å²) in [5, 5.41) is 8.59. The first kappa shape index (κ1) is 17.3. The standard InChI is InChI=1S/C18H18ClFN4OS/c1-10-13-8-16(26-18(13)23(2)22-10)17(25)21-11-5-6-24(9-11)12-3-4-14(19)15(20)7-12/h3-4,7-8,11H,5-6,9H2,1-2H3,(H,21,25). The van der Waals surface area contributed by atoms with Crippen LogP contribution in [0.1, 0.15) is 21.8 Å². The van der Waals surface area contributed by atoms with Crippen LogP contribution in [-0.2, 0) is 7.05 Å². The predicted octanol–water partition coefficient (Wildman–Crippen LogP) is 3.74. The minimum Gasteiger partial charge on any atom is -0.369 e. The molecular weight excluding hydrogens is 375 g/mol. The van der Waals surface area contributed by atoms with Gasteiger partial charge in [0.1, 0.15) is 10.6 Å². The smallest absolute Gasteiger partial charge is 0.261 e. The zero-order valence-corrected chi connectivity index (χ0v) is 16.0. The number of rotatable bonds is 3. The van der Waals surface area contributed by atoms with Crippen LogP contribution in [0.5, 0.6) is 0 Å². The van der Waals surface area contributed by atoms with Crippen LogP contribution in [0.3, 0.4) is 0 Å². The maximum absolute atomic E-state index is 13.7. The average molecular weight is 393 g/mol. The summed E-state index contributed by atoms with van der Waals surface area (Å²) in [6.07, 6.45) is 0.821. The number of fused-ring (bicyclic) bond motifs is 1. The molecule has 1 aliphatic rings. The molecule has 1 atom stereocenters. The van der Waals surface area contributed by atoms with Gasteiger partial charge in [-0.05, 0) is 37.6 Å². The van der Waals surface area contributed by atoms with Crippen LogP contribution in [0.2, 0.25) is 5.02 Å². The molecule has 26 heavy (non-hydrogen) atoms. The van der Waals surface area contributed by atoms with Crippen molar-refractivity contribution in [2.75, 3.05) is 18.0 Å². The van der Waals surface area contributed by atoms with Gasteiger partial charge in [0, 0.05) is 37.3 Å². The fraction of sp³-hybridized carbons (Fsp3) is 0.333. The largest absolute Gasteiger partial charge is 0.369 e. The van der Waals surface area contributed by atoms with Gasteiger partial charge >= 0.3 is 0 Å². The quantitative estimate of drug-likeness (QED) is 0.738. The molecule has 136 valence electrons. The van der Waals surface area contributed by atoms with E-state index in [4.69, 9.17) is 11.6 Å². The lowest BCUT2D eigenvalue weighted by atomic mass is 10.2. The Balaban J connectivity index is 1.44. The molecule has 1 fully saturated rings. The fourth-order valence-electron chi connectivity index (χ4n) is 3.37. The maximum atomic E-state index is 13.7. The second-order valence-corrected chi connectivity index (χ2v) is 7.98. The van der Waals surface area contributed by atoms with Gasteiger partial charge in [0.2, 0.25) is 0 Å². The van der Waals surface area contributed by atoms with E-state index in [1.54, 1.807) is 16.8 Å². The van der Waals surface area contributed by atoms with E-state index in [0.29, 0.717) is 11.4 Å². The van der Waals surface area contributed by atoms with Crippen LogP contribution < -0.4 is 10.2 Å². The highest BCUT2D eigenvalue weighted by Crippen LogP contribution is 2.28. The number of halogens is 2. The number of aryl methyl sites for hydroxylation is 2. The van der Waals surface area contributed by atoms with Gasteiger partial charge in [-0.2, -0.15) is 5.10 Å². The van der Waals surface area contributed by atoms with Gasteiger partial charge in [-0.15, -0.1) is 11.3 Å². The molecule has 0 radical (unpaired) electrons. The summed E-state index contributed by atoms with van der Waals surface area (Å²) in [5.74, 6) is -0.495. The van der Waals surface area contributed by atoms with Crippen LogP contribution in [0.4, 0.5) is 10.1 Å². The van der Waals surface area contributed by atoms with Gasteiger partial charge in [-0.25, -0.2) is 4.39 Å².